The third-order valence-electron chi connectivity index (χ3n) is 6.05. The lowest BCUT2D eigenvalue weighted by molar-refractivity contribution is -0.132. The first kappa shape index (κ1) is 21.5. The zero-order valence-electron chi connectivity index (χ0n) is 17.9. The highest BCUT2D eigenvalue weighted by Crippen LogP contribution is 2.45. The average molecular weight is 505 g/mol. The van der Waals surface area contributed by atoms with Crippen molar-refractivity contribution < 1.29 is 29.3 Å². The number of rotatable bonds is 4. The van der Waals surface area contributed by atoms with Crippen LogP contribution < -0.4 is 9.64 Å². The van der Waals surface area contributed by atoms with Gasteiger partial charge in [0.2, 0.25) is 0 Å². The third-order valence-corrected chi connectivity index (χ3v) is 7.99. The van der Waals surface area contributed by atoms with Crippen LogP contribution in [0.2, 0.25) is 0 Å². The van der Waals surface area contributed by atoms with E-state index >= 15 is 0 Å². The fourth-order valence-electron chi connectivity index (χ4n) is 4.38. The highest BCUT2D eigenvalue weighted by atomic mass is 32.1. The maximum absolute atomic E-state index is 13.3. The van der Waals surface area contributed by atoms with E-state index in [1.807, 2.05) is 11.4 Å². The van der Waals surface area contributed by atoms with Gasteiger partial charge in [0.25, 0.3) is 5.78 Å². The molecule has 2 aliphatic heterocycles. The summed E-state index contributed by atoms with van der Waals surface area (Å²) in [4.78, 5) is 44.4. The molecule has 2 aromatic carbocycles. The minimum Gasteiger partial charge on any atom is -0.507 e. The Morgan fingerprint density at radius 1 is 1.09 bits per heavy atom. The van der Waals surface area contributed by atoms with Crippen LogP contribution in [0.15, 0.2) is 59.5 Å². The Labute approximate surface area is 206 Å². The largest absolute Gasteiger partial charge is 0.507 e. The number of Topliss-reactive ketones (excluding diaryl/α,β-unsaturated/α-hetero) is 1. The topological polar surface area (TPSA) is 117 Å². The fraction of sp³-hybridized carbons (Fsp3) is 0.120. The summed E-state index contributed by atoms with van der Waals surface area (Å²) >= 11 is 2.48. The van der Waals surface area contributed by atoms with Crippen LogP contribution >= 0.6 is 22.7 Å². The van der Waals surface area contributed by atoms with E-state index in [2.05, 4.69) is 4.98 Å². The number of aliphatic hydroxyl groups is 1. The molecular weight excluding hydrogens is 488 g/mol. The molecule has 4 heterocycles. The zero-order valence-corrected chi connectivity index (χ0v) is 19.6. The molecule has 4 aromatic rings. The van der Waals surface area contributed by atoms with E-state index in [0.29, 0.717) is 33.7 Å². The lowest BCUT2D eigenvalue weighted by Gasteiger charge is -2.21. The highest BCUT2D eigenvalue weighted by Gasteiger charge is 2.48. The molecule has 10 heteroatoms. The van der Waals surface area contributed by atoms with Crippen LogP contribution in [-0.2, 0) is 16.0 Å². The Hall–Kier alpha value is -4.02. The Bertz CT molecular complexity index is 1570. The zero-order chi connectivity index (χ0) is 24.3. The number of hydrogen-bond donors (Lipinski definition) is 2. The van der Waals surface area contributed by atoms with E-state index in [0.717, 1.165) is 22.6 Å². The van der Waals surface area contributed by atoms with Crippen molar-refractivity contribution in [3.05, 3.63) is 81.1 Å². The van der Waals surface area contributed by atoms with E-state index in [9.17, 15) is 24.6 Å². The van der Waals surface area contributed by atoms with Crippen LogP contribution in [0.3, 0.4) is 0 Å². The summed E-state index contributed by atoms with van der Waals surface area (Å²) in [7, 11) is 0. The first-order valence-corrected chi connectivity index (χ1v) is 12.4. The van der Waals surface area contributed by atoms with Crippen LogP contribution in [0, 0.1) is 0 Å². The Morgan fingerprint density at radius 3 is 2.69 bits per heavy atom. The lowest BCUT2D eigenvalue weighted by Crippen LogP contribution is -2.28. The second-order valence-corrected chi connectivity index (χ2v) is 10.1. The van der Waals surface area contributed by atoms with E-state index < -0.39 is 23.7 Å². The number of amides is 1. The van der Waals surface area contributed by atoms with Crippen LogP contribution in [0.4, 0.5) is 5.13 Å². The number of carboxylic acid groups (broad SMARTS) is 1. The monoisotopic (exact) mass is 504 g/mol. The van der Waals surface area contributed by atoms with Crippen molar-refractivity contribution in [2.24, 2.45) is 0 Å². The predicted molar refractivity (Wildman–Crippen MR) is 131 cm³/mol. The molecule has 1 fully saturated rings. The number of thiazole rings is 1. The van der Waals surface area contributed by atoms with Crippen LogP contribution in [-0.4, -0.2) is 39.5 Å². The van der Waals surface area contributed by atoms with Crippen molar-refractivity contribution in [2.75, 3.05) is 11.5 Å². The molecule has 0 spiro atoms. The number of nitrogens with zero attached hydrogens (tertiary/aromatic N) is 2. The molecule has 0 aliphatic carbocycles. The molecule has 1 amide bonds. The van der Waals surface area contributed by atoms with Gasteiger partial charge >= 0.3 is 11.9 Å². The van der Waals surface area contributed by atoms with Crippen molar-refractivity contribution in [1.29, 1.82) is 0 Å². The van der Waals surface area contributed by atoms with Crippen molar-refractivity contribution in [3.63, 3.8) is 0 Å². The predicted octanol–water partition coefficient (Wildman–Crippen LogP) is 4.62. The summed E-state index contributed by atoms with van der Waals surface area (Å²) in [5.74, 6) is -2.18. The Morgan fingerprint density at radius 2 is 1.91 bits per heavy atom. The second-order valence-electron chi connectivity index (χ2n) is 8.09. The number of aromatic carboxylic acids is 1. The van der Waals surface area contributed by atoms with Gasteiger partial charge in [-0.2, -0.15) is 0 Å². The molecule has 2 aliphatic rings. The van der Waals surface area contributed by atoms with E-state index in [1.165, 1.54) is 28.4 Å². The first-order valence-electron chi connectivity index (χ1n) is 10.7. The number of ether oxygens (including phenoxy) is 1. The summed E-state index contributed by atoms with van der Waals surface area (Å²) < 4.78 is 6.11. The molecule has 1 unspecified atom stereocenters. The van der Waals surface area contributed by atoms with Gasteiger partial charge in [-0.3, -0.25) is 14.5 Å². The SMILES string of the molecule is O=C1C(=O)N(c2nc3ccc(C(=O)O)cc3s2)C(c2cccs2)/C1=C(\O)c1ccc2c(c1)CCO2. The summed E-state index contributed by atoms with van der Waals surface area (Å²) in [5.41, 5.74) is 1.97. The van der Waals surface area contributed by atoms with Crippen molar-refractivity contribution in [2.45, 2.75) is 12.5 Å². The van der Waals surface area contributed by atoms with Crippen molar-refractivity contribution in [3.8, 4) is 5.75 Å². The summed E-state index contributed by atoms with van der Waals surface area (Å²) in [5, 5.41) is 22.7. The Balaban J connectivity index is 1.51. The minimum atomic E-state index is -1.07. The first-order chi connectivity index (χ1) is 16.9. The van der Waals surface area contributed by atoms with Gasteiger partial charge in [-0.1, -0.05) is 17.4 Å². The normalized spacial score (nSPS) is 18.7. The van der Waals surface area contributed by atoms with Gasteiger partial charge in [-0.25, -0.2) is 9.78 Å². The number of aliphatic hydroxyl groups excluding tert-OH is 1. The molecule has 1 saturated heterocycles. The molecular formula is C25H16N2O6S2. The quantitative estimate of drug-likeness (QED) is 0.237. The van der Waals surface area contributed by atoms with Gasteiger partial charge < -0.3 is 14.9 Å². The molecule has 2 aromatic heterocycles. The highest BCUT2D eigenvalue weighted by molar-refractivity contribution is 7.22. The number of carbonyl (C=O) groups excluding carboxylic acids is 2. The molecule has 35 heavy (non-hydrogen) atoms. The average Bonchev–Trinajstić information content (AvgIpc) is 3.64. The van der Waals surface area contributed by atoms with Gasteiger partial charge in [0.05, 0.1) is 28.0 Å². The van der Waals surface area contributed by atoms with Crippen LogP contribution in [0.5, 0.6) is 5.75 Å². The minimum absolute atomic E-state index is 0.0122. The van der Waals surface area contributed by atoms with Crippen LogP contribution in [0.25, 0.3) is 16.0 Å². The number of benzene rings is 2. The summed E-state index contributed by atoms with van der Waals surface area (Å²) in [6.07, 6.45) is 0.698. The molecule has 0 saturated carbocycles. The number of ketones is 1. The molecule has 6 rings (SSSR count). The molecule has 1 atom stereocenters. The number of fused-ring (bicyclic) bond motifs is 2. The third kappa shape index (κ3) is 3.41. The van der Waals surface area contributed by atoms with Gasteiger partial charge in [0.15, 0.2) is 5.13 Å². The Kier molecular flexibility index (Phi) is 4.94. The van der Waals surface area contributed by atoms with E-state index in [4.69, 9.17) is 4.74 Å². The number of carbonyl (C=O) groups is 3. The van der Waals surface area contributed by atoms with Gasteiger partial charge in [0.1, 0.15) is 17.6 Å². The van der Waals surface area contributed by atoms with Crippen LogP contribution in [0.1, 0.15) is 32.4 Å². The number of thiophene rings is 1. The van der Waals surface area contributed by atoms with E-state index in [-0.39, 0.29) is 22.0 Å². The maximum Gasteiger partial charge on any atom is 0.335 e. The molecule has 8 nitrogen and oxygen atoms in total. The lowest BCUT2D eigenvalue weighted by atomic mass is 9.98. The second kappa shape index (κ2) is 8.03. The smallest absolute Gasteiger partial charge is 0.335 e. The number of aromatic nitrogens is 1. The maximum atomic E-state index is 13.3. The van der Waals surface area contributed by atoms with E-state index in [1.54, 1.807) is 30.3 Å². The molecule has 0 bridgehead atoms. The van der Waals surface area contributed by atoms with Crippen molar-refractivity contribution in [1.82, 2.24) is 4.98 Å². The summed E-state index contributed by atoms with van der Waals surface area (Å²) in [6, 6.07) is 12.4. The number of anilines is 1. The van der Waals surface area contributed by atoms with Crippen molar-refractivity contribution >= 4 is 61.4 Å². The standard InChI is InChI=1S/C25H16N2O6S2/c28-21(13-4-6-16-12(10-13)7-8-33-16)19-20(17-2-1-9-34-17)27(23(30)22(19)29)25-26-15-5-3-14(24(31)32)11-18(15)35-25/h1-6,9-11,20,28H,7-8H2,(H,31,32)/b21-19+. The van der Waals surface area contributed by atoms with Gasteiger partial charge in [0, 0.05) is 16.9 Å². The molecule has 174 valence electrons. The number of carboxylic acids is 1. The molecule has 2 N–H and O–H groups in total. The molecule has 0 radical (unpaired) electrons. The van der Waals surface area contributed by atoms with Gasteiger partial charge in [-0.05, 0) is 53.4 Å². The van der Waals surface area contributed by atoms with Gasteiger partial charge in [-0.15, -0.1) is 11.3 Å². The fourth-order valence-corrected chi connectivity index (χ4v) is 6.24. The number of hydrogen-bond acceptors (Lipinski definition) is 8. The summed E-state index contributed by atoms with van der Waals surface area (Å²) in [6.45, 7) is 0.556.